The lowest BCUT2D eigenvalue weighted by Crippen LogP contribution is -2.40. The summed E-state index contributed by atoms with van der Waals surface area (Å²) in [5, 5.41) is 12.5. The van der Waals surface area contributed by atoms with E-state index in [1.165, 1.54) is 0 Å². The summed E-state index contributed by atoms with van der Waals surface area (Å²) in [6, 6.07) is 15.6. The third-order valence-electron chi connectivity index (χ3n) is 5.06. The first-order valence-electron chi connectivity index (χ1n) is 10.9. The smallest absolute Gasteiger partial charge is 0.238 e. The van der Waals surface area contributed by atoms with Crippen LogP contribution in [0.3, 0.4) is 0 Å². The van der Waals surface area contributed by atoms with E-state index in [0.29, 0.717) is 32.0 Å². The summed E-state index contributed by atoms with van der Waals surface area (Å²) >= 11 is 0. The third kappa shape index (κ3) is 6.81. The van der Waals surface area contributed by atoms with Crippen molar-refractivity contribution in [2.45, 2.75) is 25.8 Å². The zero-order valence-corrected chi connectivity index (χ0v) is 18.9. The molecular formula is C24H32N6O2. The molecule has 2 amide bonds. The van der Waals surface area contributed by atoms with E-state index in [9.17, 15) is 9.59 Å². The van der Waals surface area contributed by atoms with E-state index in [1.54, 1.807) is 0 Å². The molecule has 0 bridgehead atoms. The first-order valence-corrected chi connectivity index (χ1v) is 10.9. The molecule has 1 aliphatic heterocycles. The molecule has 2 aromatic rings. The molecule has 0 fully saturated rings. The van der Waals surface area contributed by atoms with Crippen molar-refractivity contribution in [1.82, 2.24) is 15.5 Å². The number of guanidine groups is 1. The van der Waals surface area contributed by atoms with Gasteiger partial charge in [-0.1, -0.05) is 30.3 Å². The molecule has 1 aliphatic rings. The van der Waals surface area contributed by atoms with Gasteiger partial charge in [0.15, 0.2) is 5.96 Å². The van der Waals surface area contributed by atoms with Gasteiger partial charge in [-0.25, -0.2) is 4.99 Å². The maximum atomic E-state index is 12.1. The zero-order valence-electron chi connectivity index (χ0n) is 18.9. The van der Waals surface area contributed by atoms with Crippen LogP contribution in [0, 0.1) is 0 Å². The van der Waals surface area contributed by atoms with E-state index in [2.05, 4.69) is 32.3 Å². The largest absolute Gasteiger partial charge is 0.357 e. The van der Waals surface area contributed by atoms with E-state index in [-0.39, 0.29) is 17.7 Å². The normalized spacial score (nSPS) is 15.7. The summed E-state index contributed by atoms with van der Waals surface area (Å²) in [4.78, 5) is 30.6. The van der Waals surface area contributed by atoms with E-state index in [0.717, 1.165) is 29.0 Å². The predicted molar refractivity (Wildman–Crippen MR) is 129 cm³/mol. The molecule has 0 saturated heterocycles. The van der Waals surface area contributed by atoms with Gasteiger partial charge in [0.05, 0.1) is 13.1 Å². The maximum Gasteiger partial charge on any atom is 0.238 e. The Balaban J connectivity index is 1.63. The Hall–Kier alpha value is -3.39. The maximum absolute atomic E-state index is 12.1. The second kappa shape index (κ2) is 11.3. The Bertz CT molecular complexity index is 972. The van der Waals surface area contributed by atoms with Gasteiger partial charge < -0.3 is 26.2 Å². The Morgan fingerprint density at radius 2 is 1.97 bits per heavy atom. The lowest BCUT2D eigenvalue weighted by molar-refractivity contribution is -0.117. The van der Waals surface area contributed by atoms with Gasteiger partial charge in [-0.2, -0.15) is 0 Å². The highest BCUT2D eigenvalue weighted by atomic mass is 16.2. The van der Waals surface area contributed by atoms with Crippen molar-refractivity contribution >= 4 is 29.1 Å². The van der Waals surface area contributed by atoms with Crippen molar-refractivity contribution in [3.63, 3.8) is 0 Å². The van der Waals surface area contributed by atoms with Crippen LogP contribution < -0.4 is 21.3 Å². The van der Waals surface area contributed by atoms with Crippen LogP contribution in [-0.2, 0) is 16.1 Å². The summed E-state index contributed by atoms with van der Waals surface area (Å²) < 4.78 is 0. The average Bonchev–Trinajstić information content (AvgIpc) is 2.75. The first kappa shape index (κ1) is 23.3. The molecule has 2 aromatic carbocycles. The molecule has 4 N–H and O–H groups in total. The van der Waals surface area contributed by atoms with Gasteiger partial charge in [-0.3, -0.25) is 9.59 Å². The van der Waals surface area contributed by atoms with E-state index < -0.39 is 0 Å². The van der Waals surface area contributed by atoms with Crippen LogP contribution in [0.1, 0.15) is 30.4 Å². The van der Waals surface area contributed by atoms with Crippen LogP contribution in [0.2, 0.25) is 0 Å². The van der Waals surface area contributed by atoms with Gasteiger partial charge in [0, 0.05) is 36.8 Å². The molecule has 0 spiro atoms. The van der Waals surface area contributed by atoms with E-state index in [4.69, 9.17) is 0 Å². The Morgan fingerprint density at radius 1 is 1.16 bits per heavy atom. The SMILES string of the molecule is CCNC(=NCc1cccc(NC(=O)CN(C)C)c1)NCC1CC(=O)Nc2ccccc21. The summed E-state index contributed by atoms with van der Waals surface area (Å²) in [5.74, 6) is 0.755. The highest BCUT2D eigenvalue weighted by molar-refractivity contribution is 5.95. The quantitative estimate of drug-likeness (QED) is 0.376. The van der Waals surface area contributed by atoms with Crippen LogP contribution in [0.15, 0.2) is 53.5 Å². The predicted octanol–water partition coefficient (Wildman–Crippen LogP) is 2.37. The van der Waals surface area contributed by atoms with Crippen molar-refractivity contribution in [3.05, 3.63) is 59.7 Å². The molecule has 8 heteroatoms. The fourth-order valence-electron chi connectivity index (χ4n) is 3.65. The summed E-state index contributed by atoms with van der Waals surface area (Å²) in [6.45, 7) is 4.15. The van der Waals surface area contributed by atoms with Crippen molar-refractivity contribution in [2.24, 2.45) is 4.99 Å². The number of aliphatic imine (C=N–C) groups is 1. The molecule has 170 valence electrons. The second-order valence-corrected chi connectivity index (χ2v) is 8.10. The minimum absolute atomic E-state index is 0.0329. The molecule has 32 heavy (non-hydrogen) atoms. The summed E-state index contributed by atoms with van der Waals surface area (Å²) in [6.07, 6.45) is 0.443. The van der Waals surface area contributed by atoms with Crippen molar-refractivity contribution < 1.29 is 9.59 Å². The van der Waals surface area contributed by atoms with E-state index in [1.807, 2.05) is 68.4 Å². The van der Waals surface area contributed by atoms with Crippen LogP contribution in [0.4, 0.5) is 11.4 Å². The molecular weight excluding hydrogens is 404 g/mol. The second-order valence-electron chi connectivity index (χ2n) is 8.10. The van der Waals surface area contributed by atoms with Crippen LogP contribution in [0.5, 0.6) is 0 Å². The number of carbonyl (C=O) groups excluding carboxylic acids is 2. The van der Waals surface area contributed by atoms with Gasteiger partial charge in [0.2, 0.25) is 11.8 Å². The Morgan fingerprint density at radius 3 is 2.75 bits per heavy atom. The third-order valence-corrected chi connectivity index (χ3v) is 5.06. The highest BCUT2D eigenvalue weighted by Gasteiger charge is 2.24. The van der Waals surface area contributed by atoms with Crippen molar-refractivity contribution in [1.29, 1.82) is 0 Å². The molecule has 1 atom stereocenters. The number of anilines is 2. The molecule has 0 saturated carbocycles. The molecule has 8 nitrogen and oxygen atoms in total. The van der Waals surface area contributed by atoms with Gasteiger partial charge in [0.1, 0.15) is 0 Å². The molecule has 1 heterocycles. The number of benzene rings is 2. The van der Waals surface area contributed by atoms with Crippen LogP contribution >= 0.6 is 0 Å². The van der Waals surface area contributed by atoms with Crippen LogP contribution in [-0.4, -0.2) is 56.4 Å². The standard InChI is InChI=1S/C24H32N6O2/c1-4-25-24(27-15-18-13-22(31)29-21-11-6-5-10-20(18)21)26-14-17-8-7-9-19(12-17)28-23(32)16-30(2)3/h5-12,18H,4,13-16H2,1-3H3,(H,28,32)(H,29,31)(H2,25,26,27). The fourth-order valence-corrected chi connectivity index (χ4v) is 3.65. The Labute approximate surface area is 189 Å². The minimum Gasteiger partial charge on any atom is -0.357 e. The lowest BCUT2D eigenvalue weighted by atomic mass is 9.90. The van der Waals surface area contributed by atoms with Gasteiger partial charge >= 0.3 is 0 Å². The number of fused-ring (bicyclic) bond motifs is 1. The monoisotopic (exact) mass is 436 g/mol. The first-order chi connectivity index (χ1) is 15.4. The zero-order chi connectivity index (χ0) is 22.9. The van der Waals surface area contributed by atoms with Gasteiger partial charge in [0.25, 0.3) is 0 Å². The average molecular weight is 437 g/mol. The van der Waals surface area contributed by atoms with Gasteiger partial charge in [-0.05, 0) is 50.3 Å². The number of nitrogens with one attached hydrogen (secondary N) is 4. The van der Waals surface area contributed by atoms with Gasteiger partial charge in [-0.15, -0.1) is 0 Å². The molecule has 0 aliphatic carbocycles. The summed E-state index contributed by atoms with van der Waals surface area (Å²) in [5.41, 5.74) is 3.77. The Kier molecular flexibility index (Phi) is 8.21. The number of amides is 2. The highest BCUT2D eigenvalue weighted by Crippen LogP contribution is 2.31. The summed E-state index contributed by atoms with van der Waals surface area (Å²) in [7, 11) is 3.72. The fraction of sp³-hybridized carbons (Fsp3) is 0.375. The topological polar surface area (TPSA) is 97.9 Å². The molecule has 0 radical (unpaired) electrons. The molecule has 3 rings (SSSR count). The minimum atomic E-state index is -0.0533. The number of hydrogen-bond acceptors (Lipinski definition) is 4. The number of nitrogens with zero attached hydrogens (tertiary/aromatic N) is 2. The number of rotatable bonds is 8. The number of likely N-dealkylation sites (N-methyl/N-ethyl adjacent to an activating group) is 1. The number of carbonyl (C=O) groups is 2. The van der Waals surface area contributed by atoms with Crippen molar-refractivity contribution in [3.8, 4) is 0 Å². The van der Waals surface area contributed by atoms with Crippen molar-refractivity contribution in [2.75, 3.05) is 44.4 Å². The van der Waals surface area contributed by atoms with E-state index >= 15 is 0 Å². The van der Waals surface area contributed by atoms with Crippen LogP contribution in [0.25, 0.3) is 0 Å². The molecule has 1 unspecified atom stereocenters. The lowest BCUT2D eigenvalue weighted by Gasteiger charge is -2.26. The molecule has 0 aromatic heterocycles. The number of para-hydroxylation sites is 1. The number of hydrogen-bond donors (Lipinski definition) is 4.